The molecule has 1 atom stereocenters. The summed E-state index contributed by atoms with van der Waals surface area (Å²) in [6.07, 6.45) is 7.34. The standard InChI is InChI=1S/C10H20O2.Ac/c1-3-10(2,12)8-6-4-5-7-9-11;/h6,8,11-12H,3-5,7,9H2,1-2H3;/b8-6+;. The second-order valence-electron chi connectivity index (χ2n) is 3.33. The Bertz CT molecular complexity index is 133. The predicted octanol–water partition coefficient (Wildman–Crippen LogP) is 1.87. The average Bonchev–Trinajstić information content (AvgIpc) is 2.04. The van der Waals surface area contributed by atoms with Crippen LogP contribution in [0.3, 0.4) is 0 Å². The minimum atomic E-state index is -0.654. The molecule has 0 heterocycles. The summed E-state index contributed by atoms with van der Waals surface area (Å²) in [5.41, 5.74) is -0.654. The number of allylic oxidation sites excluding steroid dienone is 1. The van der Waals surface area contributed by atoms with Gasteiger partial charge in [-0.1, -0.05) is 19.1 Å². The number of unbranched alkanes of at least 4 members (excludes halogenated alkanes) is 2. The van der Waals surface area contributed by atoms with Crippen molar-refractivity contribution in [2.75, 3.05) is 6.61 Å². The molecule has 2 nitrogen and oxygen atoms in total. The monoisotopic (exact) mass is 399 g/mol. The van der Waals surface area contributed by atoms with Gasteiger partial charge in [-0.3, -0.25) is 0 Å². The van der Waals surface area contributed by atoms with E-state index in [-0.39, 0.29) is 50.7 Å². The van der Waals surface area contributed by atoms with Crippen molar-refractivity contribution in [1.82, 2.24) is 0 Å². The summed E-state index contributed by atoms with van der Waals surface area (Å²) in [4.78, 5) is 0. The molecule has 75 valence electrons. The van der Waals surface area contributed by atoms with Gasteiger partial charge in [0.05, 0.1) is 5.60 Å². The molecule has 0 bridgehead atoms. The molecule has 0 aromatic rings. The summed E-state index contributed by atoms with van der Waals surface area (Å²) >= 11 is 0. The van der Waals surface area contributed by atoms with Crippen LogP contribution in [0.4, 0.5) is 0 Å². The molecule has 0 saturated heterocycles. The molecule has 0 saturated carbocycles. The maximum absolute atomic E-state index is 9.54. The van der Waals surface area contributed by atoms with E-state index in [1.54, 1.807) is 6.92 Å². The normalized spacial score (nSPS) is 15.4. The molecule has 0 fully saturated rings. The zero-order valence-corrected chi connectivity index (χ0v) is 13.4. The van der Waals surface area contributed by atoms with E-state index in [1.165, 1.54) is 0 Å². The maximum atomic E-state index is 9.54. The van der Waals surface area contributed by atoms with Crippen molar-refractivity contribution in [3.8, 4) is 0 Å². The minimum absolute atomic E-state index is 0. The number of hydrogen-bond acceptors (Lipinski definition) is 2. The second-order valence-corrected chi connectivity index (χ2v) is 3.33. The van der Waals surface area contributed by atoms with Gasteiger partial charge < -0.3 is 10.2 Å². The predicted molar refractivity (Wildman–Crippen MR) is 51.0 cm³/mol. The van der Waals surface area contributed by atoms with E-state index in [0.717, 1.165) is 25.7 Å². The van der Waals surface area contributed by atoms with Crippen LogP contribution in [0.25, 0.3) is 0 Å². The van der Waals surface area contributed by atoms with Gasteiger partial charge in [-0.15, -0.1) is 0 Å². The molecule has 0 aromatic heterocycles. The van der Waals surface area contributed by atoms with E-state index in [2.05, 4.69) is 0 Å². The SMILES string of the molecule is CCC(C)(O)/C=C/CCCCO.[Ac]. The maximum Gasteiger partial charge on any atom is 0.0797 e. The Balaban J connectivity index is 0. The summed E-state index contributed by atoms with van der Waals surface area (Å²) in [5, 5.41) is 18.0. The van der Waals surface area contributed by atoms with Crippen molar-refractivity contribution in [1.29, 1.82) is 0 Å². The first-order chi connectivity index (χ1) is 5.62. The molecule has 13 heavy (non-hydrogen) atoms. The molecule has 0 aliphatic rings. The van der Waals surface area contributed by atoms with E-state index in [9.17, 15) is 5.11 Å². The minimum Gasteiger partial charge on any atom is -0.396 e. The van der Waals surface area contributed by atoms with Crippen molar-refractivity contribution in [3.05, 3.63) is 12.2 Å². The summed E-state index contributed by atoms with van der Waals surface area (Å²) < 4.78 is 0. The molecule has 0 spiro atoms. The van der Waals surface area contributed by atoms with E-state index >= 15 is 0 Å². The molecular weight excluding hydrogens is 379 g/mol. The molecule has 0 aliphatic heterocycles. The summed E-state index contributed by atoms with van der Waals surface area (Å²) in [6.45, 7) is 4.02. The average molecular weight is 399 g/mol. The van der Waals surface area contributed by atoms with Crippen molar-refractivity contribution >= 4 is 0 Å². The number of rotatable bonds is 6. The van der Waals surface area contributed by atoms with Gasteiger partial charge in [0.15, 0.2) is 0 Å². The molecule has 1 unspecified atom stereocenters. The topological polar surface area (TPSA) is 40.5 Å². The van der Waals surface area contributed by atoms with Crippen LogP contribution in [0.15, 0.2) is 12.2 Å². The summed E-state index contributed by atoms with van der Waals surface area (Å²) in [5.74, 6) is 0. The van der Waals surface area contributed by atoms with Gasteiger partial charge in [0.2, 0.25) is 0 Å². The Hall–Kier alpha value is 1.10. The zero-order chi connectivity index (χ0) is 9.45. The van der Waals surface area contributed by atoms with Crippen molar-refractivity contribution < 1.29 is 54.3 Å². The largest absolute Gasteiger partial charge is 0.396 e. The molecule has 0 aromatic carbocycles. The Morgan fingerprint density at radius 2 is 1.92 bits per heavy atom. The molecule has 0 rings (SSSR count). The molecule has 2 N–H and O–H groups in total. The van der Waals surface area contributed by atoms with Crippen LogP contribution in [0.2, 0.25) is 0 Å². The summed E-state index contributed by atoms with van der Waals surface area (Å²) in [7, 11) is 0. The van der Waals surface area contributed by atoms with Gasteiger partial charge in [-0.2, -0.15) is 0 Å². The first kappa shape index (κ1) is 16.5. The van der Waals surface area contributed by atoms with Gasteiger partial charge in [0.1, 0.15) is 0 Å². The van der Waals surface area contributed by atoms with Crippen molar-refractivity contribution in [2.24, 2.45) is 0 Å². The van der Waals surface area contributed by atoms with Gasteiger partial charge in [-0.25, -0.2) is 0 Å². The summed E-state index contributed by atoms with van der Waals surface area (Å²) in [6, 6.07) is 0. The second kappa shape index (κ2) is 9.65. The van der Waals surface area contributed by atoms with E-state index in [0.29, 0.717) is 0 Å². The molecule has 3 heteroatoms. The molecular formula is C10H20AcO2. The van der Waals surface area contributed by atoms with Gasteiger partial charge >= 0.3 is 0 Å². The zero-order valence-electron chi connectivity index (χ0n) is 8.66. The fourth-order valence-electron chi connectivity index (χ4n) is 0.829. The van der Waals surface area contributed by atoms with Gasteiger partial charge in [-0.05, 0) is 32.6 Å². The third kappa shape index (κ3) is 11.0. The van der Waals surface area contributed by atoms with Crippen LogP contribution < -0.4 is 0 Å². The van der Waals surface area contributed by atoms with Crippen LogP contribution in [-0.2, 0) is 0 Å². The first-order valence-corrected chi connectivity index (χ1v) is 4.63. The van der Waals surface area contributed by atoms with Crippen molar-refractivity contribution in [3.63, 3.8) is 0 Å². The van der Waals surface area contributed by atoms with Crippen LogP contribution in [0, 0.1) is 44.1 Å². The quantitative estimate of drug-likeness (QED) is 0.529. The fourth-order valence-corrected chi connectivity index (χ4v) is 0.829. The van der Waals surface area contributed by atoms with Crippen LogP contribution in [-0.4, -0.2) is 22.4 Å². The van der Waals surface area contributed by atoms with E-state index in [1.807, 2.05) is 19.1 Å². The van der Waals surface area contributed by atoms with Gasteiger partial charge in [0.25, 0.3) is 0 Å². The number of aliphatic hydroxyl groups excluding tert-OH is 1. The Kier molecular flexibility index (Phi) is 12.3. The van der Waals surface area contributed by atoms with E-state index in [4.69, 9.17) is 5.11 Å². The van der Waals surface area contributed by atoms with Crippen LogP contribution in [0.5, 0.6) is 0 Å². The smallest absolute Gasteiger partial charge is 0.0797 e. The fraction of sp³-hybridized carbons (Fsp3) is 0.800. The third-order valence-electron chi connectivity index (χ3n) is 1.97. The van der Waals surface area contributed by atoms with Crippen molar-refractivity contribution in [2.45, 2.75) is 45.1 Å². The van der Waals surface area contributed by atoms with Crippen LogP contribution in [0.1, 0.15) is 39.5 Å². The van der Waals surface area contributed by atoms with Gasteiger partial charge in [0, 0.05) is 50.7 Å². The Labute approximate surface area is 117 Å². The molecule has 1 radical (unpaired) electrons. The number of hydrogen-bond donors (Lipinski definition) is 2. The molecule has 0 amide bonds. The van der Waals surface area contributed by atoms with Crippen LogP contribution >= 0.6 is 0 Å². The molecule has 0 aliphatic carbocycles. The number of aliphatic hydroxyl groups is 2. The third-order valence-corrected chi connectivity index (χ3v) is 1.97. The first-order valence-electron chi connectivity index (χ1n) is 4.63. The Morgan fingerprint density at radius 3 is 2.38 bits per heavy atom. The van der Waals surface area contributed by atoms with E-state index < -0.39 is 5.60 Å². The Morgan fingerprint density at radius 1 is 1.31 bits per heavy atom.